The Balaban J connectivity index is 1.74. The van der Waals surface area contributed by atoms with Crippen molar-refractivity contribution in [2.45, 2.75) is 6.10 Å². The van der Waals surface area contributed by atoms with E-state index in [-0.39, 0.29) is 25.2 Å². The van der Waals surface area contributed by atoms with E-state index >= 15 is 0 Å². The SMILES string of the molecule is CN1CC(CNC(=O)COc2ccc(Cl)cc2Cl)OC1=O. The van der Waals surface area contributed by atoms with Gasteiger partial charge in [0.2, 0.25) is 0 Å². The summed E-state index contributed by atoms with van der Waals surface area (Å²) in [6.45, 7) is 0.507. The lowest BCUT2D eigenvalue weighted by Gasteiger charge is -2.11. The van der Waals surface area contributed by atoms with E-state index in [1.165, 1.54) is 11.0 Å². The van der Waals surface area contributed by atoms with Gasteiger partial charge in [0.25, 0.3) is 5.91 Å². The number of carbonyl (C=O) groups is 2. The highest BCUT2D eigenvalue weighted by Crippen LogP contribution is 2.27. The molecule has 114 valence electrons. The molecule has 1 aromatic carbocycles. The molecule has 0 saturated carbocycles. The van der Waals surface area contributed by atoms with E-state index in [1.54, 1.807) is 19.2 Å². The van der Waals surface area contributed by atoms with Gasteiger partial charge in [-0.25, -0.2) is 4.79 Å². The molecular weight excluding hydrogens is 319 g/mol. The monoisotopic (exact) mass is 332 g/mol. The van der Waals surface area contributed by atoms with Crippen molar-refractivity contribution in [3.63, 3.8) is 0 Å². The number of halogens is 2. The van der Waals surface area contributed by atoms with Gasteiger partial charge in [-0.3, -0.25) is 4.79 Å². The third kappa shape index (κ3) is 4.41. The highest BCUT2D eigenvalue weighted by molar-refractivity contribution is 6.35. The molecule has 21 heavy (non-hydrogen) atoms. The molecule has 6 nitrogen and oxygen atoms in total. The number of nitrogens with one attached hydrogen (secondary N) is 1. The fourth-order valence-corrected chi connectivity index (χ4v) is 2.23. The van der Waals surface area contributed by atoms with Crippen LogP contribution in [0.25, 0.3) is 0 Å². The standard InChI is InChI=1S/C13H14Cl2N2O4/c1-17-6-9(21-13(17)19)5-16-12(18)7-20-11-3-2-8(14)4-10(11)15/h2-4,9H,5-7H2,1H3,(H,16,18). The van der Waals surface area contributed by atoms with Crippen LogP contribution in [-0.4, -0.2) is 49.7 Å². The summed E-state index contributed by atoms with van der Waals surface area (Å²) in [5, 5.41) is 3.45. The van der Waals surface area contributed by atoms with Crippen molar-refractivity contribution < 1.29 is 19.1 Å². The summed E-state index contributed by atoms with van der Waals surface area (Å²) in [5.41, 5.74) is 0. The van der Waals surface area contributed by atoms with Crippen molar-refractivity contribution in [2.24, 2.45) is 0 Å². The third-order valence-corrected chi connectivity index (χ3v) is 3.37. The molecule has 0 radical (unpaired) electrons. The average Bonchev–Trinajstić information content (AvgIpc) is 2.74. The average molecular weight is 333 g/mol. The van der Waals surface area contributed by atoms with Crippen LogP contribution < -0.4 is 10.1 Å². The first-order chi connectivity index (χ1) is 9.95. The minimum absolute atomic E-state index is 0.183. The summed E-state index contributed by atoms with van der Waals surface area (Å²) < 4.78 is 10.3. The van der Waals surface area contributed by atoms with Gasteiger partial charge in [-0.05, 0) is 18.2 Å². The fraction of sp³-hybridized carbons (Fsp3) is 0.385. The number of hydrogen-bond acceptors (Lipinski definition) is 4. The van der Waals surface area contributed by atoms with E-state index in [4.69, 9.17) is 32.7 Å². The van der Waals surface area contributed by atoms with Crippen LogP contribution in [0.2, 0.25) is 10.0 Å². The van der Waals surface area contributed by atoms with Gasteiger partial charge in [-0.15, -0.1) is 0 Å². The molecule has 1 aliphatic rings. The van der Waals surface area contributed by atoms with E-state index in [0.717, 1.165) is 0 Å². The van der Waals surface area contributed by atoms with Gasteiger partial charge in [0.1, 0.15) is 11.9 Å². The predicted molar refractivity (Wildman–Crippen MR) is 77.9 cm³/mol. The number of ether oxygens (including phenoxy) is 2. The molecule has 2 rings (SSSR count). The largest absolute Gasteiger partial charge is 0.482 e. The number of hydrogen-bond donors (Lipinski definition) is 1. The molecule has 8 heteroatoms. The Bertz CT molecular complexity index is 553. The minimum atomic E-state index is -0.390. The van der Waals surface area contributed by atoms with Crippen LogP contribution in [0.4, 0.5) is 4.79 Å². The van der Waals surface area contributed by atoms with Crippen molar-refractivity contribution >= 4 is 35.2 Å². The second-order valence-electron chi connectivity index (χ2n) is 4.55. The van der Waals surface area contributed by atoms with Crippen molar-refractivity contribution in [1.82, 2.24) is 10.2 Å². The third-order valence-electron chi connectivity index (χ3n) is 2.84. The molecular formula is C13H14Cl2N2O4. The van der Waals surface area contributed by atoms with Crippen LogP contribution in [-0.2, 0) is 9.53 Å². The topological polar surface area (TPSA) is 67.9 Å². The zero-order chi connectivity index (χ0) is 15.4. The number of benzene rings is 1. The van der Waals surface area contributed by atoms with E-state index in [0.29, 0.717) is 22.3 Å². The Kier molecular flexibility index (Phi) is 5.14. The summed E-state index contributed by atoms with van der Waals surface area (Å²) in [5.74, 6) is 0.0508. The van der Waals surface area contributed by atoms with Crippen molar-refractivity contribution in [2.75, 3.05) is 26.7 Å². The highest BCUT2D eigenvalue weighted by Gasteiger charge is 2.28. The molecule has 1 unspecified atom stereocenters. The maximum atomic E-state index is 11.7. The first-order valence-corrected chi connectivity index (χ1v) is 6.97. The lowest BCUT2D eigenvalue weighted by atomic mass is 10.3. The number of amides is 2. The number of likely N-dealkylation sites (N-methyl/N-ethyl adjacent to an activating group) is 1. The van der Waals surface area contributed by atoms with Crippen LogP contribution in [0.1, 0.15) is 0 Å². The Morgan fingerprint density at radius 3 is 2.90 bits per heavy atom. The summed E-state index contributed by atoms with van der Waals surface area (Å²) in [7, 11) is 1.63. The van der Waals surface area contributed by atoms with Crippen LogP contribution in [0.5, 0.6) is 5.75 Å². The molecule has 1 fully saturated rings. The second kappa shape index (κ2) is 6.87. The van der Waals surface area contributed by atoms with E-state index < -0.39 is 6.09 Å². The Morgan fingerprint density at radius 1 is 1.52 bits per heavy atom. The Hall–Kier alpha value is -1.66. The second-order valence-corrected chi connectivity index (χ2v) is 5.40. The summed E-state index contributed by atoms with van der Waals surface area (Å²) in [4.78, 5) is 24.2. The Labute approximate surface area is 131 Å². The summed E-state index contributed by atoms with van der Waals surface area (Å²) >= 11 is 11.7. The number of carbonyl (C=O) groups excluding carboxylic acids is 2. The van der Waals surface area contributed by atoms with Gasteiger partial charge in [0.15, 0.2) is 6.61 Å². The van der Waals surface area contributed by atoms with Crippen LogP contribution in [0.3, 0.4) is 0 Å². The number of cyclic esters (lactones) is 1. The van der Waals surface area contributed by atoms with Crippen LogP contribution >= 0.6 is 23.2 Å². The van der Waals surface area contributed by atoms with Gasteiger partial charge in [-0.2, -0.15) is 0 Å². The minimum Gasteiger partial charge on any atom is -0.482 e. The van der Waals surface area contributed by atoms with Crippen LogP contribution in [0.15, 0.2) is 18.2 Å². The molecule has 1 heterocycles. The number of nitrogens with zero attached hydrogens (tertiary/aromatic N) is 1. The molecule has 2 amide bonds. The lowest BCUT2D eigenvalue weighted by molar-refractivity contribution is -0.123. The van der Waals surface area contributed by atoms with Crippen molar-refractivity contribution in [3.05, 3.63) is 28.2 Å². The van der Waals surface area contributed by atoms with Crippen LogP contribution in [0, 0.1) is 0 Å². The van der Waals surface area contributed by atoms with Crippen molar-refractivity contribution in [1.29, 1.82) is 0 Å². The quantitative estimate of drug-likeness (QED) is 0.894. The first kappa shape index (κ1) is 15.7. The maximum absolute atomic E-state index is 11.7. The van der Waals surface area contributed by atoms with E-state index in [9.17, 15) is 9.59 Å². The molecule has 1 atom stereocenters. The fourth-order valence-electron chi connectivity index (χ4n) is 1.77. The summed E-state index contributed by atoms with van der Waals surface area (Å²) in [6.07, 6.45) is -0.732. The van der Waals surface area contributed by atoms with Gasteiger partial charge in [0, 0.05) is 12.1 Å². The van der Waals surface area contributed by atoms with E-state index in [2.05, 4.69) is 5.32 Å². The van der Waals surface area contributed by atoms with Gasteiger partial charge >= 0.3 is 6.09 Å². The normalized spacial score (nSPS) is 17.6. The maximum Gasteiger partial charge on any atom is 0.410 e. The molecule has 1 aliphatic heterocycles. The lowest BCUT2D eigenvalue weighted by Crippen LogP contribution is -2.36. The van der Waals surface area contributed by atoms with Gasteiger partial charge < -0.3 is 19.7 Å². The van der Waals surface area contributed by atoms with Gasteiger partial charge in [0.05, 0.1) is 18.1 Å². The molecule has 1 N–H and O–H groups in total. The Morgan fingerprint density at radius 2 is 2.29 bits per heavy atom. The number of rotatable bonds is 5. The zero-order valence-electron chi connectivity index (χ0n) is 11.3. The van der Waals surface area contributed by atoms with Crippen molar-refractivity contribution in [3.8, 4) is 5.75 Å². The van der Waals surface area contributed by atoms with Gasteiger partial charge in [-0.1, -0.05) is 23.2 Å². The molecule has 0 bridgehead atoms. The zero-order valence-corrected chi connectivity index (χ0v) is 12.8. The first-order valence-electron chi connectivity index (χ1n) is 6.22. The smallest absolute Gasteiger partial charge is 0.410 e. The summed E-state index contributed by atoms with van der Waals surface area (Å²) in [6, 6.07) is 4.74. The highest BCUT2D eigenvalue weighted by atomic mass is 35.5. The molecule has 1 aromatic rings. The molecule has 1 saturated heterocycles. The predicted octanol–water partition coefficient (Wildman–Crippen LogP) is 1.94. The molecule has 0 aromatic heterocycles. The molecule has 0 aliphatic carbocycles. The molecule has 0 spiro atoms. The van der Waals surface area contributed by atoms with E-state index in [1.807, 2.05) is 0 Å².